The molecule has 0 unspecified atom stereocenters. The van der Waals surface area contributed by atoms with Gasteiger partial charge in [-0.15, -0.1) is 0 Å². The normalized spacial score (nSPS) is 22.4. The van der Waals surface area contributed by atoms with Crippen molar-refractivity contribution in [1.82, 2.24) is 9.78 Å². The third-order valence-corrected chi connectivity index (χ3v) is 4.44. The Balaban J connectivity index is 1.50. The van der Waals surface area contributed by atoms with E-state index in [2.05, 4.69) is 60.0 Å². The summed E-state index contributed by atoms with van der Waals surface area (Å²) in [6, 6.07) is 13.0. The first kappa shape index (κ1) is 14.3. The number of quaternary nitrogens is 2. The van der Waals surface area contributed by atoms with Gasteiger partial charge in [-0.05, 0) is 19.9 Å². The van der Waals surface area contributed by atoms with Gasteiger partial charge in [-0.2, -0.15) is 5.10 Å². The van der Waals surface area contributed by atoms with Crippen LogP contribution in [-0.2, 0) is 13.2 Å². The van der Waals surface area contributed by atoms with E-state index in [9.17, 15) is 0 Å². The predicted octanol–water partition coefficient (Wildman–Crippen LogP) is -0.559. The monoisotopic (exact) mass is 286 g/mol. The number of benzene rings is 1. The molecule has 21 heavy (non-hydrogen) atoms. The molecule has 0 aliphatic carbocycles. The van der Waals surface area contributed by atoms with Gasteiger partial charge in [0.1, 0.15) is 32.7 Å². The number of rotatable bonds is 4. The van der Waals surface area contributed by atoms with Gasteiger partial charge in [0.25, 0.3) is 0 Å². The Kier molecular flexibility index (Phi) is 4.36. The molecule has 4 heteroatoms. The Morgan fingerprint density at radius 2 is 1.67 bits per heavy atom. The van der Waals surface area contributed by atoms with E-state index in [1.165, 1.54) is 37.4 Å². The van der Waals surface area contributed by atoms with Crippen LogP contribution < -0.4 is 9.80 Å². The summed E-state index contributed by atoms with van der Waals surface area (Å²) in [5.41, 5.74) is 3.86. The number of aromatic nitrogens is 2. The lowest BCUT2D eigenvalue weighted by molar-refractivity contribution is -1.03. The van der Waals surface area contributed by atoms with Crippen molar-refractivity contribution in [2.45, 2.75) is 27.1 Å². The van der Waals surface area contributed by atoms with Crippen molar-refractivity contribution in [3.63, 3.8) is 0 Å². The maximum Gasteiger partial charge on any atom is 0.173 e. The molecular weight excluding hydrogens is 260 g/mol. The summed E-state index contributed by atoms with van der Waals surface area (Å²) in [5.74, 6) is 0. The van der Waals surface area contributed by atoms with Gasteiger partial charge in [0.2, 0.25) is 0 Å². The van der Waals surface area contributed by atoms with E-state index in [0.717, 1.165) is 18.9 Å². The van der Waals surface area contributed by atoms with E-state index in [1.54, 1.807) is 9.80 Å². The van der Waals surface area contributed by atoms with Gasteiger partial charge < -0.3 is 9.80 Å². The Labute approximate surface area is 127 Å². The number of nitrogens with one attached hydrogen (secondary N) is 2. The van der Waals surface area contributed by atoms with E-state index in [4.69, 9.17) is 0 Å². The number of hydrogen-bond acceptors (Lipinski definition) is 1. The minimum absolute atomic E-state index is 1.01. The topological polar surface area (TPSA) is 26.7 Å². The zero-order valence-corrected chi connectivity index (χ0v) is 13.1. The van der Waals surface area contributed by atoms with Crippen molar-refractivity contribution in [1.29, 1.82) is 0 Å². The van der Waals surface area contributed by atoms with E-state index < -0.39 is 0 Å². The smallest absolute Gasteiger partial charge is 0.173 e. The highest BCUT2D eigenvalue weighted by atomic mass is 15.4. The van der Waals surface area contributed by atoms with Gasteiger partial charge in [0, 0.05) is 11.3 Å². The zero-order valence-electron chi connectivity index (χ0n) is 13.1. The largest absolute Gasteiger partial charge is 0.322 e. The van der Waals surface area contributed by atoms with Crippen molar-refractivity contribution in [3.8, 4) is 0 Å². The van der Waals surface area contributed by atoms with Crippen LogP contribution in [0.5, 0.6) is 0 Å². The number of nitrogens with zero attached hydrogens (tertiary/aromatic N) is 2. The van der Waals surface area contributed by atoms with Crippen LogP contribution in [-0.4, -0.2) is 36.0 Å². The fourth-order valence-corrected chi connectivity index (χ4v) is 3.22. The second-order valence-electron chi connectivity index (χ2n) is 6.25. The van der Waals surface area contributed by atoms with E-state index in [1.807, 2.05) is 0 Å². The molecule has 3 rings (SSSR count). The molecule has 2 N–H and O–H groups in total. The first-order valence-corrected chi connectivity index (χ1v) is 7.93. The summed E-state index contributed by atoms with van der Waals surface area (Å²) in [4.78, 5) is 3.36. The highest BCUT2D eigenvalue weighted by Gasteiger charge is 2.23. The summed E-state index contributed by atoms with van der Waals surface area (Å²) >= 11 is 0. The van der Waals surface area contributed by atoms with Crippen molar-refractivity contribution in [2.24, 2.45) is 0 Å². The lowest BCUT2D eigenvalue weighted by Crippen LogP contribution is -3.27. The summed E-state index contributed by atoms with van der Waals surface area (Å²) in [7, 11) is 0. The first-order chi connectivity index (χ1) is 10.2. The molecule has 1 fully saturated rings. The summed E-state index contributed by atoms with van der Waals surface area (Å²) in [5, 5.41) is 4.58. The third kappa shape index (κ3) is 3.71. The van der Waals surface area contributed by atoms with Crippen molar-refractivity contribution in [3.05, 3.63) is 53.3 Å². The molecule has 1 aromatic heterocycles. The fourth-order valence-electron chi connectivity index (χ4n) is 3.22. The molecule has 0 amide bonds. The van der Waals surface area contributed by atoms with Crippen molar-refractivity contribution >= 4 is 0 Å². The molecule has 0 atom stereocenters. The average molecular weight is 286 g/mol. The standard InChI is InChI=1S/C17H24N4/c1-15-12-16(2)21(18-15)14-20-10-8-19(9-11-20)13-17-6-4-3-5-7-17/h3-7,12H,8-11,13-14H2,1-2H3/p+2. The molecule has 2 heterocycles. The number of piperazine rings is 1. The predicted molar refractivity (Wildman–Crippen MR) is 83.2 cm³/mol. The summed E-state index contributed by atoms with van der Waals surface area (Å²) < 4.78 is 2.16. The SMILES string of the molecule is Cc1cc(C)n(C[NH+]2CC[NH+](Cc3ccccc3)CC2)n1. The van der Waals surface area contributed by atoms with Gasteiger partial charge >= 0.3 is 0 Å². The summed E-state index contributed by atoms with van der Waals surface area (Å²) in [6.07, 6.45) is 0. The Morgan fingerprint density at radius 3 is 2.29 bits per heavy atom. The van der Waals surface area contributed by atoms with Crippen LogP contribution in [0, 0.1) is 13.8 Å². The van der Waals surface area contributed by atoms with Crippen LogP contribution in [0.2, 0.25) is 0 Å². The molecule has 2 aromatic rings. The Bertz CT molecular complexity index is 568. The maximum atomic E-state index is 4.58. The van der Waals surface area contributed by atoms with E-state index >= 15 is 0 Å². The minimum atomic E-state index is 1.01. The minimum Gasteiger partial charge on any atom is -0.322 e. The molecular formula is C17H26N4+2. The second-order valence-corrected chi connectivity index (χ2v) is 6.25. The van der Waals surface area contributed by atoms with Crippen LogP contribution in [0.4, 0.5) is 0 Å². The first-order valence-electron chi connectivity index (χ1n) is 7.93. The van der Waals surface area contributed by atoms with Crippen LogP contribution in [0.3, 0.4) is 0 Å². The lowest BCUT2D eigenvalue weighted by atomic mass is 10.2. The van der Waals surface area contributed by atoms with Crippen LogP contribution >= 0.6 is 0 Å². The zero-order chi connectivity index (χ0) is 14.7. The molecule has 1 saturated heterocycles. The van der Waals surface area contributed by atoms with Gasteiger partial charge in [0.15, 0.2) is 6.67 Å². The van der Waals surface area contributed by atoms with Gasteiger partial charge in [-0.3, -0.25) is 0 Å². The third-order valence-electron chi connectivity index (χ3n) is 4.44. The molecule has 0 saturated carbocycles. The molecule has 0 spiro atoms. The summed E-state index contributed by atoms with van der Waals surface area (Å²) in [6.45, 7) is 11.4. The van der Waals surface area contributed by atoms with Gasteiger partial charge in [0.05, 0.1) is 5.69 Å². The van der Waals surface area contributed by atoms with Crippen LogP contribution in [0.1, 0.15) is 17.0 Å². The Morgan fingerprint density at radius 1 is 1.00 bits per heavy atom. The molecule has 1 aliphatic rings. The molecule has 0 bridgehead atoms. The fraction of sp³-hybridized carbons (Fsp3) is 0.471. The van der Waals surface area contributed by atoms with Crippen molar-refractivity contribution < 1.29 is 9.80 Å². The van der Waals surface area contributed by atoms with E-state index in [-0.39, 0.29) is 0 Å². The van der Waals surface area contributed by atoms with Crippen LogP contribution in [0.25, 0.3) is 0 Å². The molecule has 112 valence electrons. The second kappa shape index (κ2) is 6.41. The number of hydrogen-bond donors (Lipinski definition) is 2. The molecule has 0 radical (unpaired) electrons. The quantitative estimate of drug-likeness (QED) is 0.775. The lowest BCUT2D eigenvalue weighted by Gasteiger charge is -2.29. The van der Waals surface area contributed by atoms with Gasteiger partial charge in [-0.1, -0.05) is 30.3 Å². The van der Waals surface area contributed by atoms with Crippen LogP contribution in [0.15, 0.2) is 36.4 Å². The molecule has 1 aliphatic heterocycles. The average Bonchev–Trinajstić information content (AvgIpc) is 2.80. The molecule has 4 nitrogen and oxygen atoms in total. The molecule has 1 aromatic carbocycles. The highest BCUT2D eigenvalue weighted by Crippen LogP contribution is 1.99. The van der Waals surface area contributed by atoms with Crippen molar-refractivity contribution in [2.75, 3.05) is 26.2 Å². The van der Waals surface area contributed by atoms with Gasteiger partial charge in [-0.25, -0.2) is 4.68 Å². The Hall–Kier alpha value is -1.65. The number of aryl methyl sites for hydroxylation is 2. The highest BCUT2D eigenvalue weighted by molar-refractivity contribution is 5.13. The maximum absolute atomic E-state index is 4.58. The van der Waals surface area contributed by atoms with E-state index in [0.29, 0.717) is 0 Å².